The molecule has 0 aliphatic rings. The van der Waals surface area contributed by atoms with E-state index in [0.717, 1.165) is 0 Å². The van der Waals surface area contributed by atoms with Crippen molar-refractivity contribution in [3.63, 3.8) is 0 Å². The lowest BCUT2D eigenvalue weighted by Gasteiger charge is -2.24. The van der Waals surface area contributed by atoms with Crippen LogP contribution in [0.2, 0.25) is 0 Å². The number of carboxylic acid groups (broad SMARTS) is 1. The van der Waals surface area contributed by atoms with Crippen LogP contribution >= 0.6 is 12.6 Å². The predicted octanol–water partition coefficient (Wildman–Crippen LogP) is -4.22. The fraction of sp³-hybridized carbons (Fsp3) is 0.688. The van der Waals surface area contributed by atoms with Gasteiger partial charge >= 0.3 is 5.97 Å². The molecule has 0 aliphatic heterocycles. The summed E-state index contributed by atoms with van der Waals surface area (Å²) in [4.78, 5) is 59.0. The number of rotatable bonds is 15. The largest absolute Gasteiger partial charge is 0.480 e. The van der Waals surface area contributed by atoms with Gasteiger partial charge in [-0.05, 0) is 25.8 Å². The quantitative estimate of drug-likeness (QED) is 0.0866. The van der Waals surface area contributed by atoms with Gasteiger partial charge in [-0.3, -0.25) is 19.2 Å². The summed E-state index contributed by atoms with van der Waals surface area (Å²) < 4.78 is 0. The molecule has 172 valence electrons. The molecule has 0 radical (unpaired) electrons. The first-order valence-corrected chi connectivity index (χ1v) is 9.80. The zero-order valence-corrected chi connectivity index (χ0v) is 17.3. The van der Waals surface area contributed by atoms with Crippen molar-refractivity contribution in [2.24, 2.45) is 17.2 Å². The van der Waals surface area contributed by atoms with E-state index in [4.69, 9.17) is 22.3 Å². The van der Waals surface area contributed by atoms with Crippen molar-refractivity contribution in [2.75, 3.05) is 18.9 Å². The fourth-order valence-corrected chi connectivity index (χ4v) is 2.43. The van der Waals surface area contributed by atoms with Crippen LogP contribution in [0.25, 0.3) is 0 Å². The average Bonchev–Trinajstić information content (AvgIpc) is 2.69. The SMILES string of the molecule is NCCCCC(NC(=O)C(CO)NC(=O)C(N)CS)C(=O)NC(CC(N)=O)C(=O)O. The van der Waals surface area contributed by atoms with E-state index in [2.05, 4.69) is 28.6 Å². The van der Waals surface area contributed by atoms with E-state index < -0.39 is 66.8 Å². The molecule has 0 aromatic rings. The van der Waals surface area contributed by atoms with Crippen LogP contribution in [0.5, 0.6) is 0 Å². The fourth-order valence-electron chi connectivity index (χ4n) is 2.26. The van der Waals surface area contributed by atoms with Crippen LogP contribution in [0.4, 0.5) is 0 Å². The van der Waals surface area contributed by atoms with Crippen LogP contribution in [-0.4, -0.2) is 82.9 Å². The topological polar surface area (TPSA) is 240 Å². The third-order valence-corrected chi connectivity index (χ3v) is 4.34. The summed E-state index contributed by atoms with van der Waals surface area (Å²) in [6.07, 6.45) is 0.408. The third kappa shape index (κ3) is 10.4. The maximum absolute atomic E-state index is 12.5. The molecule has 4 amide bonds. The molecule has 0 fully saturated rings. The summed E-state index contributed by atoms with van der Waals surface area (Å²) in [5.41, 5.74) is 15.9. The van der Waals surface area contributed by atoms with Crippen molar-refractivity contribution < 1.29 is 34.2 Å². The van der Waals surface area contributed by atoms with Crippen LogP contribution in [-0.2, 0) is 24.0 Å². The van der Waals surface area contributed by atoms with Crippen LogP contribution in [0.15, 0.2) is 0 Å². The van der Waals surface area contributed by atoms with E-state index in [1.54, 1.807) is 0 Å². The summed E-state index contributed by atoms with van der Waals surface area (Å²) in [6, 6.07) is -5.19. The van der Waals surface area contributed by atoms with Crippen LogP contribution < -0.4 is 33.2 Å². The van der Waals surface area contributed by atoms with E-state index in [1.165, 1.54) is 0 Å². The number of aliphatic hydroxyl groups excluding tert-OH is 1. The number of carboxylic acids is 1. The molecule has 0 bridgehead atoms. The minimum atomic E-state index is -1.58. The average molecular weight is 451 g/mol. The number of carbonyl (C=O) groups is 5. The number of aliphatic hydroxyl groups is 1. The maximum atomic E-state index is 12.5. The van der Waals surface area contributed by atoms with E-state index in [0.29, 0.717) is 19.4 Å². The summed E-state index contributed by atoms with van der Waals surface area (Å²) in [5, 5.41) is 25.2. The summed E-state index contributed by atoms with van der Waals surface area (Å²) in [6.45, 7) is -0.438. The molecule has 0 saturated heterocycles. The van der Waals surface area contributed by atoms with Crippen LogP contribution in [0.3, 0.4) is 0 Å². The van der Waals surface area contributed by atoms with Gasteiger partial charge in [-0.1, -0.05) is 0 Å². The number of amides is 4. The lowest BCUT2D eigenvalue weighted by molar-refractivity contribution is -0.143. The Hall–Kier alpha value is -2.42. The second-order valence-electron chi connectivity index (χ2n) is 6.45. The van der Waals surface area contributed by atoms with Gasteiger partial charge in [0.05, 0.1) is 19.1 Å². The zero-order chi connectivity index (χ0) is 23.3. The Morgan fingerprint density at radius 1 is 0.900 bits per heavy atom. The van der Waals surface area contributed by atoms with Crippen molar-refractivity contribution in [1.82, 2.24) is 16.0 Å². The molecule has 4 atom stereocenters. The Kier molecular flexibility index (Phi) is 13.4. The minimum absolute atomic E-state index is 0.00611. The Morgan fingerprint density at radius 3 is 1.90 bits per heavy atom. The molecule has 0 aromatic carbocycles. The van der Waals surface area contributed by atoms with E-state index in [-0.39, 0.29) is 12.2 Å². The molecule has 13 nitrogen and oxygen atoms in total. The van der Waals surface area contributed by atoms with Crippen molar-refractivity contribution in [1.29, 1.82) is 0 Å². The van der Waals surface area contributed by atoms with Gasteiger partial charge in [-0.15, -0.1) is 0 Å². The first kappa shape index (κ1) is 27.6. The Balaban J connectivity index is 5.26. The smallest absolute Gasteiger partial charge is 0.326 e. The highest BCUT2D eigenvalue weighted by molar-refractivity contribution is 7.80. The van der Waals surface area contributed by atoms with E-state index >= 15 is 0 Å². The molecule has 30 heavy (non-hydrogen) atoms. The number of nitrogens with two attached hydrogens (primary N) is 3. The molecule has 0 heterocycles. The highest BCUT2D eigenvalue weighted by Gasteiger charge is 2.30. The van der Waals surface area contributed by atoms with E-state index in [9.17, 15) is 29.1 Å². The van der Waals surface area contributed by atoms with Gasteiger partial charge in [0.25, 0.3) is 0 Å². The Bertz CT molecular complexity index is 621. The van der Waals surface area contributed by atoms with Crippen molar-refractivity contribution in [3.8, 4) is 0 Å². The van der Waals surface area contributed by atoms with Crippen LogP contribution in [0, 0.1) is 0 Å². The molecule has 14 heteroatoms. The lowest BCUT2D eigenvalue weighted by atomic mass is 10.1. The first-order valence-electron chi connectivity index (χ1n) is 9.16. The number of primary amides is 1. The number of nitrogens with one attached hydrogen (secondary N) is 3. The van der Waals surface area contributed by atoms with Gasteiger partial charge in [-0.2, -0.15) is 12.6 Å². The maximum Gasteiger partial charge on any atom is 0.326 e. The number of hydrogen-bond acceptors (Lipinski definition) is 9. The molecule has 0 rings (SSSR count). The standard InChI is InChI=1S/C16H30N6O7S/c17-4-2-1-3-9(14(26)21-10(16(28)29)5-12(19)24)20-15(27)11(6-23)22-13(25)8(18)7-30/h8-11,23,30H,1-7,17-18H2,(H2,19,24)(H,20,27)(H,21,26)(H,22,25)(H,28,29). The van der Waals surface area contributed by atoms with Crippen molar-refractivity contribution in [2.45, 2.75) is 49.9 Å². The minimum Gasteiger partial charge on any atom is -0.480 e. The Morgan fingerprint density at radius 2 is 1.43 bits per heavy atom. The first-order chi connectivity index (χ1) is 14.1. The predicted molar refractivity (Wildman–Crippen MR) is 109 cm³/mol. The van der Waals surface area contributed by atoms with Crippen molar-refractivity contribution in [3.05, 3.63) is 0 Å². The molecule has 11 N–H and O–H groups in total. The van der Waals surface area contributed by atoms with Gasteiger partial charge in [0, 0.05) is 5.75 Å². The number of unbranched alkanes of at least 4 members (excludes halogenated alkanes) is 1. The lowest BCUT2D eigenvalue weighted by Crippen LogP contribution is -2.58. The van der Waals surface area contributed by atoms with E-state index in [1.807, 2.05) is 0 Å². The van der Waals surface area contributed by atoms with Crippen molar-refractivity contribution >= 4 is 42.2 Å². The number of carbonyl (C=O) groups excluding carboxylic acids is 4. The number of aliphatic carboxylic acids is 1. The second-order valence-corrected chi connectivity index (χ2v) is 6.81. The summed E-state index contributed by atoms with van der Waals surface area (Å²) in [5.74, 6) is -4.89. The second kappa shape index (κ2) is 14.5. The number of thiol groups is 1. The van der Waals surface area contributed by atoms with Gasteiger partial charge in [-0.25, -0.2) is 4.79 Å². The molecular formula is C16H30N6O7S. The third-order valence-electron chi connectivity index (χ3n) is 3.95. The van der Waals surface area contributed by atoms with Gasteiger partial charge in [0.1, 0.15) is 18.1 Å². The molecule has 4 unspecified atom stereocenters. The molecule has 0 saturated carbocycles. The van der Waals surface area contributed by atoms with Gasteiger partial charge in [0.2, 0.25) is 23.6 Å². The normalized spacial score (nSPS) is 14.7. The van der Waals surface area contributed by atoms with Crippen LogP contribution in [0.1, 0.15) is 25.7 Å². The molecule has 0 aromatic heterocycles. The Labute approximate surface area is 178 Å². The summed E-state index contributed by atoms with van der Waals surface area (Å²) in [7, 11) is 0. The summed E-state index contributed by atoms with van der Waals surface area (Å²) >= 11 is 3.87. The monoisotopic (exact) mass is 450 g/mol. The number of hydrogen-bond donors (Lipinski definition) is 9. The zero-order valence-electron chi connectivity index (χ0n) is 16.4. The highest BCUT2D eigenvalue weighted by Crippen LogP contribution is 2.04. The molecule has 0 spiro atoms. The van der Waals surface area contributed by atoms with Gasteiger partial charge in [0.15, 0.2) is 0 Å². The van der Waals surface area contributed by atoms with Gasteiger partial charge < -0.3 is 43.4 Å². The highest BCUT2D eigenvalue weighted by atomic mass is 32.1. The molecule has 0 aliphatic carbocycles. The molecular weight excluding hydrogens is 420 g/mol.